The smallest absolute Gasteiger partial charge is 0.187 e. The summed E-state index contributed by atoms with van der Waals surface area (Å²) in [5.74, 6) is -0.461. The summed E-state index contributed by atoms with van der Waals surface area (Å²) in [5, 5.41) is 21.4. The number of aliphatic hydroxyl groups is 2. The maximum atomic E-state index is 13.1. The van der Waals surface area contributed by atoms with Crippen molar-refractivity contribution in [3.63, 3.8) is 0 Å². The van der Waals surface area contributed by atoms with Gasteiger partial charge in [-0.25, -0.2) is 0 Å². The zero-order chi connectivity index (χ0) is 17.9. The van der Waals surface area contributed by atoms with Crippen molar-refractivity contribution in [1.82, 2.24) is 0 Å². The predicted octanol–water partition coefficient (Wildman–Crippen LogP) is 2.59. The first kappa shape index (κ1) is 17.6. The van der Waals surface area contributed by atoms with Crippen molar-refractivity contribution in [3.05, 3.63) is 23.8 Å². The highest BCUT2D eigenvalue weighted by molar-refractivity contribution is 6.11. The third-order valence-electron chi connectivity index (χ3n) is 6.90. The molecule has 3 aliphatic carbocycles. The van der Waals surface area contributed by atoms with Crippen LogP contribution in [-0.2, 0) is 9.59 Å². The van der Waals surface area contributed by atoms with E-state index in [-0.39, 0.29) is 28.8 Å². The van der Waals surface area contributed by atoms with Crippen LogP contribution in [0.1, 0.15) is 52.9 Å². The van der Waals surface area contributed by atoms with Crippen molar-refractivity contribution in [2.45, 2.75) is 65.1 Å². The monoisotopic (exact) mass is 332 g/mol. The number of rotatable bonds is 0. The standard InChI is InChI=1S/C20H28O4/c1-11-12-5-6-16(22)20(4)15(19(2,3)8-7-17(20)23)10-14(21)13(9-12)18(11)24/h9,12,14-15,17,21,23H,1,5-8,10H2,2-4H3/t12-,14-,15-,17+,20-/m1/s1. The van der Waals surface area contributed by atoms with Crippen molar-refractivity contribution in [3.8, 4) is 0 Å². The molecule has 0 aromatic heterocycles. The second-order valence-corrected chi connectivity index (χ2v) is 8.67. The summed E-state index contributed by atoms with van der Waals surface area (Å²) in [6.07, 6.45) is 2.78. The Labute approximate surface area is 143 Å². The summed E-state index contributed by atoms with van der Waals surface area (Å²) < 4.78 is 0. The molecule has 2 bridgehead atoms. The maximum absolute atomic E-state index is 13.1. The highest BCUT2D eigenvalue weighted by Gasteiger charge is 2.56. The van der Waals surface area contributed by atoms with E-state index in [1.807, 2.05) is 6.92 Å². The third-order valence-corrected chi connectivity index (χ3v) is 6.90. The number of Topliss-reactive ketones (excluding diaryl/α,β-unsaturated/α-hetero) is 2. The molecule has 0 radical (unpaired) electrons. The van der Waals surface area contributed by atoms with Gasteiger partial charge in [-0.3, -0.25) is 9.59 Å². The zero-order valence-corrected chi connectivity index (χ0v) is 14.8. The van der Waals surface area contributed by atoms with Gasteiger partial charge in [0, 0.05) is 17.9 Å². The molecular formula is C20H28O4. The summed E-state index contributed by atoms with van der Waals surface area (Å²) in [6, 6.07) is 0. The van der Waals surface area contributed by atoms with Gasteiger partial charge < -0.3 is 10.2 Å². The van der Waals surface area contributed by atoms with Gasteiger partial charge in [-0.1, -0.05) is 26.5 Å². The SMILES string of the molecule is C=C1C(=O)C2=C[C@H]1CCC(=O)[C@@]1(C)[C@H](C[C@H]2O)C(C)(C)CC[C@@H]1O. The predicted molar refractivity (Wildman–Crippen MR) is 91.2 cm³/mol. The summed E-state index contributed by atoms with van der Waals surface area (Å²) >= 11 is 0. The number of hydrogen-bond acceptors (Lipinski definition) is 4. The van der Waals surface area contributed by atoms with Gasteiger partial charge in [0.25, 0.3) is 0 Å². The highest BCUT2D eigenvalue weighted by atomic mass is 16.3. The summed E-state index contributed by atoms with van der Waals surface area (Å²) in [6.45, 7) is 9.91. The minimum absolute atomic E-state index is 0.0453. The minimum atomic E-state index is -0.904. The van der Waals surface area contributed by atoms with Crippen molar-refractivity contribution >= 4 is 11.6 Å². The molecule has 3 aliphatic rings. The second kappa shape index (κ2) is 5.63. The quantitative estimate of drug-likeness (QED) is 0.669. The second-order valence-electron chi connectivity index (χ2n) is 8.67. The van der Waals surface area contributed by atoms with Gasteiger partial charge in [-0.15, -0.1) is 0 Å². The Morgan fingerprint density at radius 2 is 1.83 bits per heavy atom. The van der Waals surface area contributed by atoms with E-state index in [0.717, 1.165) is 6.42 Å². The molecule has 1 saturated carbocycles. The van der Waals surface area contributed by atoms with Crippen LogP contribution in [-0.4, -0.2) is 34.0 Å². The number of carbonyl (C=O) groups excluding carboxylic acids is 2. The molecule has 0 heterocycles. The van der Waals surface area contributed by atoms with E-state index in [2.05, 4.69) is 20.4 Å². The first-order valence-electron chi connectivity index (χ1n) is 8.93. The highest BCUT2D eigenvalue weighted by Crippen LogP contribution is 2.55. The Bertz CT molecular complexity index is 630. The maximum Gasteiger partial charge on any atom is 0.187 e. The molecule has 0 amide bonds. The molecule has 1 fully saturated rings. The van der Waals surface area contributed by atoms with Crippen LogP contribution in [0.2, 0.25) is 0 Å². The number of hydrogen-bond donors (Lipinski definition) is 2. The Balaban J connectivity index is 2.07. The molecule has 0 unspecified atom stereocenters. The van der Waals surface area contributed by atoms with Crippen LogP contribution in [0.15, 0.2) is 23.8 Å². The van der Waals surface area contributed by atoms with E-state index in [4.69, 9.17) is 0 Å². The van der Waals surface area contributed by atoms with Crippen molar-refractivity contribution in [1.29, 1.82) is 0 Å². The lowest BCUT2D eigenvalue weighted by Crippen LogP contribution is -2.55. The van der Waals surface area contributed by atoms with Crippen molar-refractivity contribution in [2.24, 2.45) is 22.7 Å². The number of fused-ring (bicyclic) bond motifs is 2. The molecule has 0 aromatic carbocycles. The number of ketones is 2. The topological polar surface area (TPSA) is 74.6 Å². The van der Waals surface area contributed by atoms with Gasteiger partial charge in [0.2, 0.25) is 0 Å². The van der Waals surface area contributed by atoms with Crippen LogP contribution in [0, 0.1) is 22.7 Å². The average Bonchev–Trinajstić information content (AvgIpc) is 2.80. The van der Waals surface area contributed by atoms with Gasteiger partial charge in [0.1, 0.15) is 5.78 Å². The molecule has 0 spiro atoms. The largest absolute Gasteiger partial charge is 0.392 e. The molecule has 4 heteroatoms. The molecule has 132 valence electrons. The first-order chi connectivity index (χ1) is 11.1. The molecular weight excluding hydrogens is 304 g/mol. The van der Waals surface area contributed by atoms with E-state index in [1.54, 1.807) is 6.08 Å². The van der Waals surface area contributed by atoms with Crippen LogP contribution in [0.5, 0.6) is 0 Å². The van der Waals surface area contributed by atoms with Crippen molar-refractivity contribution < 1.29 is 19.8 Å². The summed E-state index contributed by atoms with van der Waals surface area (Å²) in [5.41, 5.74) is -0.142. The fourth-order valence-corrected chi connectivity index (χ4v) is 5.14. The van der Waals surface area contributed by atoms with Crippen LogP contribution < -0.4 is 0 Å². The van der Waals surface area contributed by atoms with E-state index in [9.17, 15) is 19.8 Å². The number of allylic oxidation sites excluding steroid dienone is 2. The molecule has 2 N–H and O–H groups in total. The Hall–Kier alpha value is -1.26. The molecule has 24 heavy (non-hydrogen) atoms. The molecule has 4 nitrogen and oxygen atoms in total. The van der Waals surface area contributed by atoms with E-state index in [0.29, 0.717) is 36.8 Å². The molecule has 0 aromatic rings. The van der Waals surface area contributed by atoms with E-state index >= 15 is 0 Å². The zero-order valence-electron chi connectivity index (χ0n) is 14.8. The van der Waals surface area contributed by atoms with Crippen LogP contribution in [0.25, 0.3) is 0 Å². The minimum Gasteiger partial charge on any atom is -0.392 e. The lowest BCUT2D eigenvalue weighted by atomic mass is 9.52. The van der Waals surface area contributed by atoms with Gasteiger partial charge >= 0.3 is 0 Å². The van der Waals surface area contributed by atoms with Gasteiger partial charge in [-0.2, -0.15) is 0 Å². The van der Waals surface area contributed by atoms with Crippen LogP contribution >= 0.6 is 0 Å². The molecule has 5 atom stereocenters. The van der Waals surface area contributed by atoms with Gasteiger partial charge in [-0.05, 0) is 49.5 Å². The number of carbonyl (C=O) groups is 2. The van der Waals surface area contributed by atoms with E-state index in [1.165, 1.54) is 0 Å². The Morgan fingerprint density at radius 3 is 2.50 bits per heavy atom. The lowest BCUT2D eigenvalue weighted by molar-refractivity contribution is -0.157. The van der Waals surface area contributed by atoms with E-state index < -0.39 is 17.6 Å². The van der Waals surface area contributed by atoms with Crippen LogP contribution in [0.4, 0.5) is 0 Å². The van der Waals surface area contributed by atoms with Crippen LogP contribution in [0.3, 0.4) is 0 Å². The molecule has 3 rings (SSSR count). The molecule has 0 aliphatic heterocycles. The normalized spacial score (nSPS) is 42.5. The molecule has 0 saturated heterocycles. The van der Waals surface area contributed by atoms with Gasteiger partial charge in [0.05, 0.1) is 17.6 Å². The average molecular weight is 332 g/mol. The Morgan fingerprint density at radius 1 is 1.17 bits per heavy atom. The summed E-state index contributed by atoms with van der Waals surface area (Å²) in [7, 11) is 0. The van der Waals surface area contributed by atoms with Crippen molar-refractivity contribution in [2.75, 3.05) is 0 Å². The fraction of sp³-hybridized carbons (Fsp3) is 0.700. The lowest BCUT2D eigenvalue weighted by Gasteiger charge is -2.53. The number of aliphatic hydroxyl groups excluding tert-OH is 2. The first-order valence-corrected chi connectivity index (χ1v) is 8.93. The van der Waals surface area contributed by atoms with Gasteiger partial charge in [0.15, 0.2) is 5.78 Å². The fourth-order valence-electron chi connectivity index (χ4n) is 5.14. The summed E-state index contributed by atoms with van der Waals surface area (Å²) in [4.78, 5) is 25.5. The third kappa shape index (κ3) is 2.42. The Kier molecular flexibility index (Phi) is 4.12.